The monoisotopic (exact) mass is 329 g/mol. The molecule has 2 amide bonds. The van der Waals surface area contributed by atoms with Crippen LogP contribution in [0.25, 0.3) is 20.2 Å². The standard InChI is InChI=1S/C16H8ClNO3S/c1-18-15(20)8-6-9(17)14-12(11(8)16(18)21)13(19)7-4-2-3-5-10(7)22-14/h2-6H,1H3. The molecule has 0 unspecified atom stereocenters. The van der Waals surface area contributed by atoms with E-state index in [9.17, 15) is 14.4 Å². The molecule has 6 heteroatoms. The van der Waals surface area contributed by atoms with Crippen molar-refractivity contribution in [3.8, 4) is 0 Å². The molecule has 0 fully saturated rings. The van der Waals surface area contributed by atoms with E-state index in [-0.39, 0.29) is 21.9 Å². The highest BCUT2D eigenvalue weighted by Gasteiger charge is 2.36. The molecule has 22 heavy (non-hydrogen) atoms. The maximum absolute atomic E-state index is 12.8. The lowest BCUT2D eigenvalue weighted by atomic mass is 10.0. The number of carbonyl (C=O) groups is 2. The van der Waals surface area contributed by atoms with Gasteiger partial charge in [0, 0.05) is 17.1 Å². The second kappa shape index (κ2) is 4.38. The number of rotatable bonds is 0. The molecule has 4 rings (SSSR count). The van der Waals surface area contributed by atoms with Crippen molar-refractivity contribution < 1.29 is 9.59 Å². The van der Waals surface area contributed by atoms with Gasteiger partial charge in [-0.1, -0.05) is 23.7 Å². The summed E-state index contributed by atoms with van der Waals surface area (Å²) < 4.78 is 1.34. The Morgan fingerprint density at radius 2 is 1.82 bits per heavy atom. The van der Waals surface area contributed by atoms with Gasteiger partial charge in [0.2, 0.25) is 0 Å². The highest BCUT2D eigenvalue weighted by atomic mass is 35.5. The third-order valence-corrected chi connectivity index (χ3v) is 5.47. The van der Waals surface area contributed by atoms with E-state index in [1.807, 2.05) is 12.1 Å². The Hall–Kier alpha value is -2.24. The molecule has 0 N–H and O–H groups in total. The maximum atomic E-state index is 12.8. The van der Waals surface area contributed by atoms with Crippen molar-refractivity contribution in [3.05, 3.63) is 56.7 Å². The molecule has 1 aliphatic heterocycles. The van der Waals surface area contributed by atoms with Gasteiger partial charge in [-0.25, -0.2) is 0 Å². The molecule has 2 heterocycles. The fraction of sp³-hybridized carbons (Fsp3) is 0.0625. The van der Waals surface area contributed by atoms with Gasteiger partial charge in [-0.15, -0.1) is 11.3 Å². The van der Waals surface area contributed by atoms with Crippen molar-refractivity contribution in [3.63, 3.8) is 0 Å². The van der Waals surface area contributed by atoms with E-state index < -0.39 is 11.8 Å². The third kappa shape index (κ3) is 1.55. The number of nitrogens with zero attached hydrogens (tertiary/aromatic N) is 1. The number of halogens is 1. The van der Waals surface area contributed by atoms with Crippen LogP contribution in [-0.4, -0.2) is 23.8 Å². The molecule has 108 valence electrons. The molecule has 3 aromatic rings. The lowest BCUT2D eigenvalue weighted by molar-refractivity contribution is 0.0693. The summed E-state index contributed by atoms with van der Waals surface area (Å²) in [6.07, 6.45) is 0. The molecule has 2 aromatic carbocycles. The zero-order valence-corrected chi connectivity index (χ0v) is 12.9. The molecule has 4 nitrogen and oxygen atoms in total. The molecular weight excluding hydrogens is 322 g/mol. The van der Waals surface area contributed by atoms with E-state index in [0.717, 1.165) is 9.60 Å². The highest BCUT2D eigenvalue weighted by Crippen LogP contribution is 2.37. The van der Waals surface area contributed by atoms with Gasteiger partial charge in [0.15, 0.2) is 5.43 Å². The summed E-state index contributed by atoms with van der Waals surface area (Å²) in [6.45, 7) is 0. The number of imide groups is 1. The van der Waals surface area contributed by atoms with E-state index >= 15 is 0 Å². The summed E-state index contributed by atoms with van der Waals surface area (Å²) >= 11 is 7.61. The topological polar surface area (TPSA) is 54.5 Å². The Morgan fingerprint density at radius 3 is 2.59 bits per heavy atom. The zero-order valence-electron chi connectivity index (χ0n) is 11.3. The molecule has 0 bridgehead atoms. The van der Waals surface area contributed by atoms with Crippen LogP contribution in [0.3, 0.4) is 0 Å². The lowest BCUT2D eigenvalue weighted by Gasteiger charge is -2.06. The fourth-order valence-corrected chi connectivity index (χ4v) is 4.18. The smallest absolute Gasteiger partial charge is 0.262 e. The number of fused-ring (bicyclic) bond motifs is 4. The summed E-state index contributed by atoms with van der Waals surface area (Å²) in [5, 5.41) is 1.09. The van der Waals surface area contributed by atoms with Gasteiger partial charge >= 0.3 is 0 Å². The van der Waals surface area contributed by atoms with Crippen molar-refractivity contribution in [2.75, 3.05) is 7.05 Å². The quantitative estimate of drug-likeness (QED) is 0.470. The number of amides is 2. The van der Waals surface area contributed by atoms with Crippen LogP contribution in [0.4, 0.5) is 0 Å². The van der Waals surface area contributed by atoms with Crippen molar-refractivity contribution in [2.45, 2.75) is 0 Å². The fourth-order valence-electron chi connectivity index (χ4n) is 2.77. The van der Waals surface area contributed by atoms with Crippen molar-refractivity contribution in [1.82, 2.24) is 4.90 Å². The largest absolute Gasteiger partial charge is 0.288 e. The Bertz CT molecular complexity index is 1070. The van der Waals surface area contributed by atoms with Gasteiger partial charge in [0.1, 0.15) is 0 Å². The predicted molar refractivity (Wildman–Crippen MR) is 87.0 cm³/mol. The van der Waals surface area contributed by atoms with Crippen LogP contribution >= 0.6 is 22.9 Å². The Labute approximate surface area is 133 Å². The molecule has 0 aliphatic carbocycles. The summed E-state index contributed by atoms with van der Waals surface area (Å²) in [4.78, 5) is 38.3. The molecule has 0 atom stereocenters. The molecule has 0 saturated carbocycles. The van der Waals surface area contributed by atoms with Crippen LogP contribution in [0, 0.1) is 0 Å². The van der Waals surface area contributed by atoms with Crippen molar-refractivity contribution >= 4 is 54.9 Å². The second-order valence-electron chi connectivity index (χ2n) is 5.08. The first-order valence-corrected chi connectivity index (χ1v) is 7.70. The minimum Gasteiger partial charge on any atom is -0.288 e. The van der Waals surface area contributed by atoms with E-state index in [4.69, 9.17) is 11.6 Å². The van der Waals surface area contributed by atoms with Crippen LogP contribution in [0.1, 0.15) is 20.7 Å². The summed E-state index contributed by atoms with van der Waals surface area (Å²) in [5.41, 5.74) is 0.100. The first-order valence-electron chi connectivity index (χ1n) is 6.51. The first kappa shape index (κ1) is 13.4. The zero-order chi connectivity index (χ0) is 15.6. The van der Waals surface area contributed by atoms with E-state index in [1.54, 1.807) is 12.1 Å². The van der Waals surface area contributed by atoms with Crippen LogP contribution in [0.15, 0.2) is 35.1 Å². The number of benzene rings is 2. The lowest BCUT2D eigenvalue weighted by Crippen LogP contribution is -2.24. The van der Waals surface area contributed by atoms with Gasteiger partial charge in [-0.05, 0) is 18.2 Å². The number of carbonyl (C=O) groups excluding carboxylic acids is 2. The van der Waals surface area contributed by atoms with Crippen LogP contribution in [0.5, 0.6) is 0 Å². The molecular formula is C16H8ClNO3S. The third-order valence-electron chi connectivity index (χ3n) is 3.86. The van der Waals surface area contributed by atoms with Gasteiger partial charge in [-0.3, -0.25) is 19.3 Å². The van der Waals surface area contributed by atoms with E-state index in [1.165, 1.54) is 24.5 Å². The van der Waals surface area contributed by atoms with Crippen molar-refractivity contribution in [1.29, 1.82) is 0 Å². The summed E-state index contributed by atoms with van der Waals surface area (Å²) in [7, 11) is 1.40. The SMILES string of the molecule is CN1C(=O)c2cc(Cl)c3sc4ccccc4c(=O)c3c2C1=O. The van der Waals surface area contributed by atoms with Gasteiger partial charge in [0.25, 0.3) is 11.8 Å². The minimum atomic E-state index is -0.457. The average Bonchev–Trinajstić information content (AvgIpc) is 2.73. The Kier molecular flexibility index (Phi) is 2.67. The molecule has 0 spiro atoms. The predicted octanol–water partition coefficient (Wildman–Crippen LogP) is 3.29. The van der Waals surface area contributed by atoms with E-state index in [0.29, 0.717) is 15.1 Å². The van der Waals surface area contributed by atoms with Gasteiger partial charge in [-0.2, -0.15) is 0 Å². The van der Waals surface area contributed by atoms with Crippen LogP contribution < -0.4 is 5.43 Å². The summed E-state index contributed by atoms with van der Waals surface area (Å²) in [5.74, 6) is -0.886. The molecule has 0 saturated heterocycles. The number of hydrogen-bond donors (Lipinski definition) is 0. The van der Waals surface area contributed by atoms with Crippen molar-refractivity contribution in [2.24, 2.45) is 0 Å². The van der Waals surface area contributed by atoms with Gasteiger partial charge in [0.05, 0.1) is 26.2 Å². The summed E-state index contributed by atoms with van der Waals surface area (Å²) in [6, 6.07) is 8.64. The maximum Gasteiger partial charge on any atom is 0.262 e. The molecule has 0 radical (unpaired) electrons. The Morgan fingerprint density at radius 1 is 1.09 bits per heavy atom. The minimum absolute atomic E-state index is 0.166. The van der Waals surface area contributed by atoms with Crippen LogP contribution in [0.2, 0.25) is 5.02 Å². The molecule has 1 aliphatic rings. The first-order chi connectivity index (χ1) is 10.5. The van der Waals surface area contributed by atoms with Crippen LogP contribution in [-0.2, 0) is 0 Å². The van der Waals surface area contributed by atoms with Gasteiger partial charge < -0.3 is 0 Å². The van der Waals surface area contributed by atoms with E-state index in [2.05, 4.69) is 0 Å². The second-order valence-corrected chi connectivity index (χ2v) is 6.54. The Balaban J connectivity index is 2.31. The number of hydrogen-bond acceptors (Lipinski definition) is 4. The average molecular weight is 330 g/mol. The molecule has 1 aromatic heterocycles. The highest BCUT2D eigenvalue weighted by molar-refractivity contribution is 7.25. The normalized spacial score (nSPS) is 14.2.